The molecule has 324 valence electrons. The van der Waals surface area contributed by atoms with Gasteiger partial charge in [0.15, 0.2) is 12.6 Å². The van der Waals surface area contributed by atoms with Crippen LogP contribution < -0.4 is 5.32 Å². The molecule has 57 heavy (non-hydrogen) atoms. The van der Waals surface area contributed by atoms with Crippen molar-refractivity contribution in [2.75, 3.05) is 13.2 Å². The smallest absolute Gasteiger partial charge is 0.312 e. The molecule has 2 unspecified atom stereocenters. The lowest BCUT2D eigenvalue weighted by atomic mass is 9.33. The average molecular weight is 808 g/mol. The van der Waals surface area contributed by atoms with Crippen LogP contribution in [0.5, 0.6) is 0 Å². The molecular weight excluding hydrogens is 738 g/mol. The predicted molar refractivity (Wildman–Crippen MR) is 205 cm³/mol. The summed E-state index contributed by atoms with van der Waals surface area (Å²) in [7, 11) is 0. The van der Waals surface area contributed by atoms with Crippen LogP contribution in [0.4, 0.5) is 0 Å². The number of nitrogens with one attached hydrogen (secondary N) is 1. The quantitative estimate of drug-likeness (QED) is 0.137. The number of aliphatic hydroxyl groups is 6. The van der Waals surface area contributed by atoms with Crippen LogP contribution in [0.15, 0.2) is 11.6 Å². The Morgan fingerprint density at radius 3 is 2.21 bits per heavy atom. The van der Waals surface area contributed by atoms with Gasteiger partial charge in [-0.15, -0.1) is 0 Å². The predicted octanol–water partition coefficient (Wildman–Crippen LogP) is 2.64. The molecule has 6 fully saturated rings. The van der Waals surface area contributed by atoms with E-state index in [1.165, 1.54) is 12.5 Å². The molecule has 0 aromatic rings. The number of aliphatic carboxylic acids is 1. The number of carboxylic acid groups (broad SMARTS) is 1. The highest BCUT2D eigenvalue weighted by Crippen LogP contribution is 2.76. The van der Waals surface area contributed by atoms with Crippen LogP contribution in [0, 0.1) is 50.2 Å². The minimum atomic E-state index is -1.55. The van der Waals surface area contributed by atoms with Gasteiger partial charge in [0.25, 0.3) is 0 Å². The summed E-state index contributed by atoms with van der Waals surface area (Å²) < 4.78 is 24.2. The summed E-state index contributed by atoms with van der Waals surface area (Å²) in [6, 6.07) is -1.09. The molecule has 2 saturated heterocycles. The number of carboxylic acids is 1. The largest absolute Gasteiger partial charge is 0.481 e. The standard InChI is InChI=1S/C43H69NO13/c1-21(45)44-30-33(50)32(49)25(20-55-36-34(51)31(48)24(46)19-54-36)56-35(30)57-29-12-13-40(6)26(39(29,4)5)11-14-41(7)27(40)10-9-22-23-17-38(2,3)15-16-43(23,37(52)53)28(47)18-42(22,41)8/h9,23-36,46-51H,10-20H2,1-8H3,(H,44,45)(H,52,53)/t23-,24-,25+,26-,27+,28+,29-,30+,31-,32?,33?,34+,35-,36-,40-,41+,42+,43+/m0/s1. The van der Waals surface area contributed by atoms with Crippen molar-refractivity contribution in [1.29, 1.82) is 0 Å². The van der Waals surface area contributed by atoms with Crippen molar-refractivity contribution in [3.63, 3.8) is 0 Å². The van der Waals surface area contributed by atoms with E-state index in [1.807, 2.05) is 0 Å². The van der Waals surface area contributed by atoms with Gasteiger partial charge in [0.1, 0.15) is 48.1 Å². The molecule has 7 rings (SSSR count). The van der Waals surface area contributed by atoms with Crippen molar-refractivity contribution in [1.82, 2.24) is 5.32 Å². The number of amides is 1. The molecule has 1 amide bonds. The van der Waals surface area contributed by atoms with Gasteiger partial charge in [0.2, 0.25) is 5.91 Å². The van der Waals surface area contributed by atoms with Gasteiger partial charge < -0.3 is 60.0 Å². The first-order valence-corrected chi connectivity index (χ1v) is 21.3. The Balaban J connectivity index is 1.13. The number of carbonyl (C=O) groups excluding carboxylic acids is 1. The molecule has 14 nitrogen and oxygen atoms in total. The van der Waals surface area contributed by atoms with Crippen LogP contribution >= 0.6 is 0 Å². The SMILES string of the molecule is CC(=O)N[C@@H]1C(O)C(O)[C@@H](CO[C@@H]2OC[C@H](O)[C@H](O)[C@H]2O)O[C@H]1O[C@H]1CC[C@]2(C)[C@H]3CC=C4[C@@H]5CC(C)(C)CC[C@]5(C(=O)O)[C@H](O)C[C@@]4(C)[C@]3(C)CC[C@H]2C1(C)C. The molecule has 2 heterocycles. The molecule has 14 heteroatoms. The molecule has 8 N–H and O–H groups in total. The second-order valence-corrected chi connectivity index (χ2v) is 21.1. The Hall–Kier alpha value is -1.72. The van der Waals surface area contributed by atoms with Crippen molar-refractivity contribution in [3.8, 4) is 0 Å². The number of rotatable bonds is 7. The fourth-order valence-corrected chi connectivity index (χ4v) is 13.8. The number of allylic oxidation sites excluding steroid dienone is 2. The highest BCUT2D eigenvalue weighted by molar-refractivity contribution is 5.77. The summed E-state index contributed by atoms with van der Waals surface area (Å²) in [5.41, 5.74) is -1.00. The van der Waals surface area contributed by atoms with E-state index in [1.54, 1.807) is 0 Å². The number of fused-ring (bicyclic) bond motifs is 7. The highest BCUT2D eigenvalue weighted by Gasteiger charge is 2.71. The van der Waals surface area contributed by atoms with E-state index in [2.05, 4.69) is 59.9 Å². The number of hydrogen-bond acceptors (Lipinski definition) is 12. The van der Waals surface area contributed by atoms with Crippen LogP contribution in [-0.2, 0) is 28.5 Å². The maximum Gasteiger partial charge on any atom is 0.312 e. The summed E-state index contributed by atoms with van der Waals surface area (Å²) in [5, 5.41) is 78.2. The Labute approximate surface area is 336 Å². The Bertz CT molecular complexity index is 1590. The second kappa shape index (κ2) is 14.7. The maximum atomic E-state index is 13.1. The Morgan fingerprint density at radius 2 is 1.54 bits per heavy atom. The minimum absolute atomic E-state index is 0.0191. The van der Waals surface area contributed by atoms with E-state index in [9.17, 15) is 45.3 Å². The summed E-state index contributed by atoms with van der Waals surface area (Å²) in [6.45, 7) is 16.7. The molecular formula is C43H69NO13. The van der Waals surface area contributed by atoms with Crippen LogP contribution in [0.1, 0.15) is 113 Å². The molecule has 0 aromatic heterocycles. The zero-order valence-corrected chi connectivity index (χ0v) is 35.0. The first-order chi connectivity index (χ1) is 26.4. The molecule has 2 aliphatic heterocycles. The van der Waals surface area contributed by atoms with Crippen LogP contribution in [0.3, 0.4) is 0 Å². The van der Waals surface area contributed by atoms with E-state index in [0.717, 1.165) is 38.5 Å². The lowest BCUT2D eigenvalue weighted by molar-refractivity contribution is -0.322. The zero-order chi connectivity index (χ0) is 41.8. The zero-order valence-electron chi connectivity index (χ0n) is 35.0. The fourth-order valence-electron chi connectivity index (χ4n) is 13.8. The van der Waals surface area contributed by atoms with Gasteiger partial charge in [-0.3, -0.25) is 9.59 Å². The first-order valence-electron chi connectivity index (χ1n) is 21.3. The van der Waals surface area contributed by atoms with Crippen molar-refractivity contribution < 1.29 is 64.3 Å². The summed E-state index contributed by atoms with van der Waals surface area (Å²) in [4.78, 5) is 25.5. The van der Waals surface area contributed by atoms with Gasteiger partial charge in [-0.25, -0.2) is 0 Å². The topological polar surface area (TPSA) is 225 Å². The lowest BCUT2D eigenvalue weighted by Gasteiger charge is -2.71. The monoisotopic (exact) mass is 807 g/mol. The summed E-state index contributed by atoms with van der Waals surface area (Å²) in [5.74, 6) is -1.04. The fraction of sp³-hybridized carbons (Fsp3) is 0.907. The third kappa shape index (κ3) is 6.66. The number of aliphatic hydroxyl groups excluding tert-OH is 6. The molecule has 4 saturated carbocycles. The third-order valence-electron chi connectivity index (χ3n) is 17.3. The van der Waals surface area contributed by atoms with Crippen LogP contribution in [-0.4, -0.2) is 128 Å². The van der Waals surface area contributed by atoms with Gasteiger partial charge in [0, 0.05) is 6.92 Å². The van der Waals surface area contributed by atoms with Crippen molar-refractivity contribution in [2.45, 2.75) is 181 Å². The molecule has 0 radical (unpaired) electrons. The number of carbonyl (C=O) groups is 2. The number of hydrogen-bond donors (Lipinski definition) is 8. The molecule has 18 atom stereocenters. The summed E-state index contributed by atoms with van der Waals surface area (Å²) in [6.07, 6.45) is -3.25. The third-order valence-corrected chi connectivity index (χ3v) is 17.3. The van der Waals surface area contributed by atoms with Gasteiger partial charge in [0.05, 0.1) is 25.4 Å². The van der Waals surface area contributed by atoms with E-state index in [4.69, 9.17) is 18.9 Å². The maximum absolute atomic E-state index is 13.1. The Kier molecular flexibility index (Phi) is 11.2. The summed E-state index contributed by atoms with van der Waals surface area (Å²) >= 11 is 0. The van der Waals surface area contributed by atoms with Gasteiger partial charge in [-0.2, -0.15) is 0 Å². The second-order valence-electron chi connectivity index (χ2n) is 21.1. The Morgan fingerprint density at radius 1 is 0.842 bits per heavy atom. The first kappa shape index (κ1) is 43.4. The lowest BCUT2D eigenvalue weighted by Crippen LogP contribution is -2.68. The van der Waals surface area contributed by atoms with Crippen LogP contribution in [0.25, 0.3) is 0 Å². The normalized spacial score (nSPS) is 51.6. The van der Waals surface area contributed by atoms with Crippen molar-refractivity contribution >= 4 is 11.9 Å². The van der Waals surface area contributed by atoms with Gasteiger partial charge in [-0.05, 0) is 103 Å². The molecule has 0 spiro atoms. The van der Waals surface area contributed by atoms with Crippen molar-refractivity contribution in [3.05, 3.63) is 11.6 Å². The number of ether oxygens (including phenoxy) is 4. The molecule has 7 aliphatic rings. The average Bonchev–Trinajstić information content (AvgIpc) is 3.11. The van der Waals surface area contributed by atoms with Crippen molar-refractivity contribution in [2.24, 2.45) is 50.2 Å². The molecule has 0 bridgehead atoms. The van der Waals surface area contributed by atoms with E-state index >= 15 is 0 Å². The molecule has 5 aliphatic carbocycles. The van der Waals surface area contributed by atoms with Gasteiger partial charge >= 0.3 is 5.97 Å². The molecule has 0 aromatic carbocycles. The minimum Gasteiger partial charge on any atom is -0.481 e. The van der Waals surface area contributed by atoms with Crippen LogP contribution in [0.2, 0.25) is 0 Å². The van der Waals surface area contributed by atoms with E-state index in [-0.39, 0.29) is 58.7 Å². The van der Waals surface area contributed by atoms with E-state index < -0.39 is 84.1 Å². The highest BCUT2D eigenvalue weighted by atomic mass is 16.7. The van der Waals surface area contributed by atoms with Gasteiger partial charge in [-0.1, -0.05) is 60.1 Å². The van der Waals surface area contributed by atoms with E-state index in [0.29, 0.717) is 19.3 Å².